The number of aromatic amines is 1. The number of H-pyrrole nitrogens is 1. The molecule has 0 fully saturated rings. The molecule has 0 unspecified atom stereocenters. The number of amides is 1. The van der Waals surface area contributed by atoms with Crippen LogP contribution < -0.4 is 5.32 Å². The van der Waals surface area contributed by atoms with Crippen LogP contribution in [0.4, 0.5) is 10.1 Å². The molecule has 5 nitrogen and oxygen atoms in total. The summed E-state index contributed by atoms with van der Waals surface area (Å²) in [5, 5.41) is 3.34. The zero-order chi connectivity index (χ0) is 16.5. The Morgan fingerprint density at radius 3 is 2.92 bits per heavy atom. The average Bonchev–Trinajstić information content (AvgIpc) is 3.25. The molecule has 1 aromatic carbocycles. The Bertz CT molecular complexity index is 1020. The summed E-state index contributed by atoms with van der Waals surface area (Å²) in [5.74, 6) is -0.908. The molecule has 0 aliphatic rings. The number of nitrogens with one attached hydrogen (secondary N) is 2. The van der Waals surface area contributed by atoms with Crippen LogP contribution in [0, 0.1) is 5.82 Å². The number of nitrogens with zero attached hydrogens (tertiary/aromatic N) is 1. The van der Waals surface area contributed by atoms with Crippen LogP contribution in [0.25, 0.3) is 22.2 Å². The first-order valence-electron chi connectivity index (χ1n) is 7.28. The third-order valence-corrected chi connectivity index (χ3v) is 3.75. The number of rotatable bonds is 3. The second-order valence-corrected chi connectivity index (χ2v) is 5.27. The van der Waals surface area contributed by atoms with Gasteiger partial charge in [0.05, 0.1) is 23.8 Å². The van der Waals surface area contributed by atoms with Crippen LogP contribution >= 0.6 is 0 Å². The summed E-state index contributed by atoms with van der Waals surface area (Å²) in [4.78, 5) is 19.7. The lowest BCUT2D eigenvalue weighted by atomic mass is 10.1. The first-order chi connectivity index (χ1) is 11.7. The lowest BCUT2D eigenvalue weighted by molar-refractivity contribution is 0.102. The van der Waals surface area contributed by atoms with Crippen LogP contribution in [0.5, 0.6) is 0 Å². The van der Waals surface area contributed by atoms with Gasteiger partial charge in [-0.3, -0.25) is 4.79 Å². The number of para-hydroxylation sites is 1. The number of aromatic nitrogens is 2. The van der Waals surface area contributed by atoms with Crippen molar-refractivity contribution in [2.24, 2.45) is 0 Å². The minimum Gasteiger partial charge on any atom is -0.472 e. The van der Waals surface area contributed by atoms with E-state index in [-0.39, 0.29) is 5.69 Å². The van der Waals surface area contributed by atoms with Gasteiger partial charge in [-0.2, -0.15) is 0 Å². The predicted octanol–water partition coefficient (Wildman–Crippen LogP) is 4.21. The van der Waals surface area contributed by atoms with E-state index in [0.29, 0.717) is 11.2 Å². The summed E-state index contributed by atoms with van der Waals surface area (Å²) in [6, 6.07) is 9.57. The van der Waals surface area contributed by atoms with Crippen LogP contribution in [0.2, 0.25) is 0 Å². The van der Waals surface area contributed by atoms with E-state index in [9.17, 15) is 9.18 Å². The fourth-order valence-electron chi connectivity index (χ4n) is 2.54. The Labute approximate surface area is 136 Å². The van der Waals surface area contributed by atoms with Crippen molar-refractivity contribution >= 4 is 22.6 Å². The van der Waals surface area contributed by atoms with Crippen molar-refractivity contribution in [3.63, 3.8) is 0 Å². The van der Waals surface area contributed by atoms with Crippen molar-refractivity contribution < 1.29 is 13.6 Å². The van der Waals surface area contributed by atoms with E-state index in [2.05, 4.69) is 15.3 Å². The minimum absolute atomic E-state index is 0.131. The standard InChI is InChI=1S/C18H12FN3O2/c19-15-3-1-2-4-16(15)22-18(23)12-7-13-14(11-5-6-24-10-11)9-21-17(13)20-8-12/h1-10H,(H,20,21)(H,22,23). The van der Waals surface area contributed by atoms with Crippen LogP contribution in [-0.4, -0.2) is 15.9 Å². The maximum Gasteiger partial charge on any atom is 0.257 e. The van der Waals surface area contributed by atoms with E-state index in [0.717, 1.165) is 16.5 Å². The molecular formula is C18H12FN3O2. The number of benzene rings is 1. The monoisotopic (exact) mass is 321 g/mol. The van der Waals surface area contributed by atoms with Crippen LogP contribution in [-0.2, 0) is 0 Å². The molecule has 6 heteroatoms. The van der Waals surface area contributed by atoms with Gasteiger partial charge >= 0.3 is 0 Å². The molecule has 4 aromatic rings. The summed E-state index contributed by atoms with van der Waals surface area (Å²) in [6.07, 6.45) is 6.46. The van der Waals surface area contributed by atoms with Crippen molar-refractivity contribution in [1.82, 2.24) is 9.97 Å². The van der Waals surface area contributed by atoms with Gasteiger partial charge in [0.25, 0.3) is 5.91 Å². The molecule has 0 aliphatic carbocycles. The van der Waals surface area contributed by atoms with Gasteiger partial charge in [0.1, 0.15) is 11.5 Å². The second kappa shape index (κ2) is 5.66. The average molecular weight is 321 g/mol. The topological polar surface area (TPSA) is 70.9 Å². The predicted molar refractivity (Wildman–Crippen MR) is 88.1 cm³/mol. The van der Waals surface area contributed by atoms with Gasteiger partial charge in [0.2, 0.25) is 0 Å². The number of carbonyl (C=O) groups is 1. The molecule has 1 amide bonds. The molecule has 0 atom stereocenters. The lowest BCUT2D eigenvalue weighted by Crippen LogP contribution is -2.13. The highest BCUT2D eigenvalue weighted by Crippen LogP contribution is 2.28. The maximum atomic E-state index is 13.7. The number of hydrogen-bond donors (Lipinski definition) is 2. The van der Waals surface area contributed by atoms with Gasteiger partial charge in [-0.25, -0.2) is 9.37 Å². The molecule has 2 N–H and O–H groups in total. The van der Waals surface area contributed by atoms with Gasteiger partial charge in [0.15, 0.2) is 0 Å². The van der Waals surface area contributed by atoms with Gasteiger partial charge in [-0.1, -0.05) is 12.1 Å². The fourth-order valence-corrected chi connectivity index (χ4v) is 2.54. The number of hydrogen-bond acceptors (Lipinski definition) is 3. The number of fused-ring (bicyclic) bond motifs is 1. The van der Waals surface area contributed by atoms with Gasteiger partial charge in [-0.15, -0.1) is 0 Å². The third-order valence-electron chi connectivity index (χ3n) is 3.75. The third kappa shape index (κ3) is 2.44. The first-order valence-corrected chi connectivity index (χ1v) is 7.28. The molecular weight excluding hydrogens is 309 g/mol. The summed E-state index contributed by atoms with van der Waals surface area (Å²) in [7, 11) is 0. The number of furan rings is 1. The van der Waals surface area contributed by atoms with Crippen LogP contribution in [0.15, 0.2) is 65.7 Å². The number of carbonyl (C=O) groups excluding carboxylic acids is 1. The Hall–Kier alpha value is -3.41. The van der Waals surface area contributed by atoms with Crippen LogP contribution in [0.3, 0.4) is 0 Å². The Balaban J connectivity index is 1.71. The highest BCUT2D eigenvalue weighted by Gasteiger charge is 2.13. The molecule has 4 rings (SSSR count). The molecule has 0 saturated heterocycles. The van der Waals surface area contributed by atoms with Gasteiger partial charge < -0.3 is 14.7 Å². The molecule has 3 aromatic heterocycles. The first kappa shape index (κ1) is 14.2. The van der Waals surface area contributed by atoms with E-state index < -0.39 is 11.7 Å². The molecule has 0 aliphatic heterocycles. The van der Waals surface area contributed by atoms with E-state index in [4.69, 9.17) is 4.42 Å². The zero-order valence-corrected chi connectivity index (χ0v) is 12.4. The van der Waals surface area contributed by atoms with Crippen LogP contribution in [0.1, 0.15) is 10.4 Å². The molecule has 0 radical (unpaired) electrons. The Morgan fingerprint density at radius 1 is 1.25 bits per heavy atom. The smallest absolute Gasteiger partial charge is 0.257 e. The maximum absolute atomic E-state index is 13.7. The molecule has 0 spiro atoms. The molecule has 24 heavy (non-hydrogen) atoms. The van der Waals surface area contributed by atoms with Crippen molar-refractivity contribution in [3.8, 4) is 11.1 Å². The van der Waals surface area contributed by atoms with Crippen molar-refractivity contribution in [3.05, 3.63) is 72.7 Å². The van der Waals surface area contributed by atoms with E-state index >= 15 is 0 Å². The van der Waals surface area contributed by atoms with Crippen molar-refractivity contribution in [1.29, 1.82) is 0 Å². The molecule has 3 heterocycles. The Kier molecular flexibility index (Phi) is 3.35. The van der Waals surface area contributed by atoms with E-state index in [1.165, 1.54) is 18.3 Å². The lowest BCUT2D eigenvalue weighted by Gasteiger charge is -2.06. The minimum atomic E-state index is -0.486. The highest BCUT2D eigenvalue weighted by molar-refractivity contribution is 6.07. The zero-order valence-electron chi connectivity index (χ0n) is 12.4. The SMILES string of the molecule is O=C(Nc1ccccc1F)c1cnc2[nH]cc(-c3ccoc3)c2c1. The van der Waals surface area contributed by atoms with E-state index in [1.54, 1.807) is 36.9 Å². The molecule has 118 valence electrons. The second-order valence-electron chi connectivity index (χ2n) is 5.27. The van der Waals surface area contributed by atoms with Crippen molar-refractivity contribution in [2.45, 2.75) is 0 Å². The quantitative estimate of drug-likeness (QED) is 0.593. The van der Waals surface area contributed by atoms with E-state index in [1.807, 2.05) is 6.07 Å². The summed E-state index contributed by atoms with van der Waals surface area (Å²) in [5.41, 5.74) is 2.90. The highest BCUT2D eigenvalue weighted by atomic mass is 19.1. The summed E-state index contributed by atoms with van der Waals surface area (Å²) < 4.78 is 18.8. The number of halogens is 1. The molecule has 0 bridgehead atoms. The number of anilines is 1. The van der Waals surface area contributed by atoms with Gasteiger partial charge in [-0.05, 0) is 24.3 Å². The summed E-state index contributed by atoms with van der Waals surface area (Å²) >= 11 is 0. The Morgan fingerprint density at radius 2 is 2.12 bits per heavy atom. The number of pyridine rings is 1. The fraction of sp³-hybridized carbons (Fsp3) is 0. The largest absolute Gasteiger partial charge is 0.472 e. The van der Waals surface area contributed by atoms with Crippen molar-refractivity contribution in [2.75, 3.05) is 5.32 Å². The summed E-state index contributed by atoms with van der Waals surface area (Å²) in [6.45, 7) is 0. The molecule has 0 saturated carbocycles. The normalized spacial score (nSPS) is 10.9. The van der Waals surface area contributed by atoms with Gasteiger partial charge in [0, 0.05) is 28.9 Å².